The molecule has 29 heavy (non-hydrogen) atoms. The van der Waals surface area contributed by atoms with Crippen LogP contribution >= 0.6 is 27.3 Å². The number of pyridine rings is 1. The van der Waals surface area contributed by atoms with Crippen LogP contribution in [-0.2, 0) is 7.05 Å². The van der Waals surface area contributed by atoms with Crippen molar-refractivity contribution in [3.05, 3.63) is 68.5 Å². The quantitative estimate of drug-likeness (QED) is 0.446. The number of thiophene rings is 1. The number of benzene rings is 1. The van der Waals surface area contributed by atoms with Gasteiger partial charge in [-0.25, -0.2) is 4.98 Å². The van der Waals surface area contributed by atoms with E-state index in [9.17, 15) is 9.59 Å². The van der Waals surface area contributed by atoms with Crippen molar-refractivity contribution in [2.75, 3.05) is 0 Å². The van der Waals surface area contributed by atoms with Gasteiger partial charge in [0.25, 0.3) is 11.8 Å². The summed E-state index contributed by atoms with van der Waals surface area (Å²) in [6.45, 7) is 1.82. The number of hydrogen-bond acceptors (Lipinski definition) is 5. The Bertz CT molecular complexity index is 1230. The van der Waals surface area contributed by atoms with Crippen molar-refractivity contribution in [2.24, 2.45) is 7.05 Å². The molecule has 0 atom stereocenters. The SMILES string of the molecule is Cc1nn(C)c2nc(-c3ccccc3)cc(C(=O)NNC(=O)c3ccc(Br)s3)c12. The van der Waals surface area contributed by atoms with E-state index in [-0.39, 0.29) is 5.91 Å². The lowest BCUT2D eigenvalue weighted by Gasteiger charge is -2.10. The summed E-state index contributed by atoms with van der Waals surface area (Å²) in [7, 11) is 1.79. The highest BCUT2D eigenvalue weighted by Gasteiger charge is 2.20. The molecule has 0 fully saturated rings. The summed E-state index contributed by atoms with van der Waals surface area (Å²) in [5.74, 6) is -0.819. The summed E-state index contributed by atoms with van der Waals surface area (Å²) in [6.07, 6.45) is 0. The summed E-state index contributed by atoms with van der Waals surface area (Å²) in [6, 6.07) is 14.8. The lowest BCUT2D eigenvalue weighted by atomic mass is 10.1. The van der Waals surface area contributed by atoms with Gasteiger partial charge in [-0.1, -0.05) is 30.3 Å². The number of amides is 2. The minimum Gasteiger partial charge on any atom is -0.267 e. The molecule has 2 N–H and O–H groups in total. The first-order valence-electron chi connectivity index (χ1n) is 8.70. The number of carbonyl (C=O) groups is 2. The highest BCUT2D eigenvalue weighted by atomic mass is 79.9. The number of rotatable bonds is 3. The molecule has 0 bridgehead atoms. The second-order valence-electron chi connectivity index (χ2n) is 6.34. The van der Waals surface area contributed by atoms with Crippen molar-refractivity contribution in [1.82, 2.24) is 25.6 Å². The number of nitrogens with zero attached hydrogens (tertiary/aromatic N) is 3. The van der Waals surface area contributed by atoms with Gasteiger partial charge in [0.1, 0.15) is 0 Å². The van der Waals surface area contributed by atoms with E-state index < -0.39 is 5.91 Å². The van der Waals surface area contributed by atoms with Gasteiger partial charge in [0.15, 0.2) is 5.65 Å². The predicted octanol–water partition coefficient (Wildman–Crippen LogP) is 3.84. The van der Waals surface area contributed by atoms with Crippen LogP contribution in [0.1, 0.15) is 25.7 Å². The zero-order valence-electron chi connectivity index (χ0n) is 15.6. The highest BCUT2D eigenvalue weighted by Crippen LogP contribution is 2.27. The number of nitrogens with one attached hydrogen (secondary N) is 2. The van der Waals surface area contributed by atoms with Crippen molar-refractivity contribution >= 4 is 50.1 Å². The van der Waals surface area contributed by atoms with E-state index in [1.165, 1.54) is 11.3 Å². The molecule has 9 heteroatoms. The van der Waals surface area contributed by atoms with Crippen molar-refractivity contribution in [3.63, 3.8) is 0 Å². The van der Waals surface area contributed by atoms with Crippen LogP contribution in [0, 0.1) is 6.92 Å². The van der Waals surface area contributed by atoms with E-state index in [0.29, 0.717) is 32.9 Å². The van der Waals surface area contributed by atoms with Crippen LogP contribution in [0.5, 0.6) is 0 Å². The average Bonchev–Trinajstić information content (AvgIpc) is 3.29. The maximum atomic E-state index is 12.9. The van der Waals surface area contributed by atoms with Gasteiger partial charge in [-0.05, 0) is 41.1 Å². The first kappa shape index (κ1) is 19.3. The van der Waals surface area contributed by atoms with Gasteiger partial charge in [-0.2, -0.15) is 5.10 Å². The fourth-order valence-corrected chi connectivity index (χ4v) is 4.34. The maximum absolute atomic E-state index is 12.9. The molecule has 0 saturated carbocycles. The van der Waals surface area contributed by atoms with E-state index >= 15 is 0 Å². The van der Waals surface area contributed by atoms with E-state index in [2.05, 4.69) is 36.9 Å². The standard InChI is InChI=1S/C20H16BrN5O2S/c1-11-17-13(19(27)23-24-20(28)15-8-9-16(21)29-15)10-14(12-6-4-3-5-7-12)22-18(17)26(2)25-11/h3-10H,1-2H3,(H,23,27)(H,24,28). The Morgan fingerprint density at radius 3 is 2.48 bits per heavy atom. The molecule has 2 amide bonds. The molecular weight excluding hydrogens is 454 g/mol. The number of aromatic nitrogens is 3. The van der Waals surface area contributed by atoms with Crippen LogP contribution in [-0.4, -0.2) is 26.6 Å². The smallest absolute Gasteiger partial charge is 0.267 e. The number of carbonyl (C=O) groups excluding carboxylic acids is 2. The lowest BCUT2D eigenvalue weighted by Crippen LogP contribution is -2.41. The molecule has 0 unspecified atom stereocenters. The number of halogens is 1. The van der Waals surface area contributed by atoms with Gasteiger partial charge >= 0.3 is 0 Å². The molecule has 4 rings (SSSR count). The zero-order valence-corrected chi connectivity index (χ0v) is 18.0. The minimum absolute atomic E-state index is 0.384. The van der Waals surface area contributed by atoms with Crippen molar-refractivity contribution in [2.45, 2.75) is 6.92 Å². The number of hydrogen-bond donors (Lipinski definition) is 2. The van der Waals surface area contributed by atoms with Crippen molar-refractivity contribution in [1.29, 1.82) is 0 Å². The predicted molar refractivity (Wildman–Crippen MR) is 116 cm³/mol. The molecule has 1 aromatic carbocycles. The molecule has 4 aromatic rings. The van der Waals surface area contributed by atoms with E-state index in [1.54, 1.807) is 29.9 Å². The van der Waals surface area contributed by atoms with Gasteiger partial charge in [0, 0.05) is 12.6 Å². The Labute approximate surface area is 178 Å². The summed E-state index contributed by atoms with van der Waals surface area (Å²) in [5.41, 5.74) is 8.19. The van der Waals surface area contributed by atoms with Crippen molar-refractivity contribution < 1.29 is 9.59 Å². The molecule has 0 spiro atoms. The number of aryl methyl sites for hydroxylation is 2. The summed E-state index contributed by atoms with van der Waals surface area (Å²) in [5, 5.41) is 5.05. The van der Waals surface area contributed by atoms with Crippen LogP contribution in [0.3, 0.4) is 0 Å². The molecule has 0 radical (unpaired) electrons. The lowest BCUT2D eigenvalue weighted by molar-refractivity contribution is 0.0850. The topological polar surface area (TPSA) is 88.9 Å². The third-order valence-corrected chi connectivity index (χ3v) is 5.99. The zero-order chi connectivity index (χ0) is 20.5. The van der Waals surface area contributed by atoms with Gasteiger partial charge in [0.05, 0.1) is 31.0 Å². The molecular formula is C20H16BrN5O2S. The summed E-state index contributed by atoms with van der Waals surface area (Å²) >= 11 is 4.60. The molecule has 146 valence electrons. The molecule has 0 aliphatic carbocycles. The highest BCUT2D eigenvalue weighted by molar-refractivity contribution is 9.11. The Hall–Kier alpha value is -3.04. The maximum Gasteiger partial charge on any atom is 0.279 e. The van der Waals surface area contributed by atoms with Gasteiger partial charge in [-0.15, -0.1) is 11.3 Å². The van der Waals surface area contributed by atoms with Gasteiger partial charge in [0.2, 0.25) is 0 Å². The molecule has 0 aliphatic rings. The largest absolute Gasteiger partial charge is 0.279 e. The first-order valence-corrected chi connectivity index (χ1v) is 10.3. The fraction of sp³-hybridized carbons (Fsp3) is 0.100. The molecule has 0 saturated heterocycles. The van der Waals surface area contributed by atoms with Crippen LogP contribution in [0.4, 0.5) is 0 Å². The van der Waals surface area contributed by atoms with Crippen LogP contribution in [0.15, 0.2) is 52.3 Å². The first-order chi connectivity index (χ1) is 13.9. The Morgan fingerprint density at radius 1 is 1.07 bits per heavy atom. The molecule has 7 nitrogen and oxygen atoms in total. The monoisotopic (exact) mass is 469 g/mol. The Kier molecular flexibility index (Phi) is 5.16. The Morgan fingerprint density at radius 2 is 1.79 bits per heavy atom. The van der Waals surface area contributed by atoms with Crippen LogP contribution in [0.2, 0.25) is 0 Å². The van der Waals surface area contributed by atoms with Gasteiger partial charge < -0.3 is 0 Å². The third-order valence-electron chi connectivity index (χ3n) is 4.37. The molecule has 0 aliphatic heterocycles. The second-order valence-corrected chi connectivity index (χ2v) is 8.80. The third kappa shape index (κ3) is 3.79. The van der Waals surface area contributed by atoms with Crippen LogP contribution in [0.25, 0.3) is 22.3 Å². The van der Waals surface area contributed by atoms with Gasteiger partial charge in [-0.3, -0.25) is 25.1 Å². The second kappa shape index (κ2) is 7.76. The molecule has 3 heterocycles. The summed E-state index contributed by atoms with van der Waals surface area (Å²) < 4.78 is 2.48. The normalized spacial score (nSPS) is 10.9. The van der Waals surface area contributed by atoms with E-state index in [0.717, 1.165) is 9.35 Å². The van der Waals surface area contributed by atoms with Crippen LogP contribution < -0.4 is 10.9 Å². The fourth-order valence-electron chi connectivity index (χ4n) is 3.06. The van der Waals surface area contributed by atoms with Crippen molar-refractivity contribution in [3.8, 4) is 11.3 Å². The number of hydrazine groups is 1. The molecule has 3 aromatic heterocycles. The minimum atomic E-state index is -0.436. The van der Waals surface area contributed by atoms with E-state index in [4.69, 9.17) is 0 Å². The number of fused-ring (bicyclic) bond motifs is 1. The average molecular weight is 470 g/mol. The Balaban J connectivity index is 1.69. The summed E-state index contributed by atoms with van der Waals surface area (Å²) in [4.78, 5) is 30.4. The van der Waals surface area contributed by atoms with E-state index in [1.807, 2.05) is 37.3 Å².